The van der Waals surface area contributed by atoms with E-state index in [-0.39, 0.29) is 18.4 Å². The van der Waals surface area contributed by atoms with Gasteiger partial charge in [-0.05, 0) is 42.5 Å². The van der Waals surface area contributed by atoms with Crippen LogP contribution in [0, 0.1) is 0 Å². The molecule has 5 nitrogen and oxygen atoms in total. The van der Waals surface area contributed by atoms with Gasteiger partial charge in [0.2, 0.25) is 11.8 Å². The molecule has 0 saturated carbocycles. The van der Waals surface area contributed by atoms with E-state index in [0.717, 1.165) is 18.2 Å². The van der Waals surface area contributed by atoms with Gasteiger partial charge in [-0.3, -0.25) is 9.59 Å². The van der Waals surface area contributed by atoms with E-state index >= 15 is 0 Å². The molecule has 0 aromatic heterocycles. The largest absolute Gasteiger partial charge is 0.416 e. The highest BCUT2D eigenvalue weighted by molar-refractivity contribution is 5.98. The van der Waals surface area contributed by atoms with Crippen molar-refractivity contribution >= 4 is 28.9 Å². The standard InChI is InChI=1S/C21H20F3N3O2/c1-3-20(29)25-12-17-13-26(16-10-8-15(9-11-16)21(22,23)24)18-6-4-5-7-19(18)27(17)14(2)28/h3-11,17H,1,12-13H2,2H3,(H,25,29). The van der Waals surface area contributed by atoms with Crippen molar-refractivity contribution in [3.63, 3.8) is 0 Å². The van der Waals surface area contributed by atoms with Gasteiger partial charge in [-0.25, -0.2) is 0 Å². The Morgan fingerprint density at radius 2 is 1.76 bits per heavy atom. The second-order valence-corrected chi connectivity index (χ2v) is 6.64. The minimum absolute atomic E-state index is 0.176. The third-order valence-corrected chi connectivity index (χ3v) is 4.73. The van der Waals surface area contributed by atoms with E-state index in [9.17, 15) is 22.8 Å². The molecule has 1 aliphatic rings. The number of para-hydroxylation sites is 2. The molecule has 152 valence electrons. The highest BCUT2D eigenvalue weighted by Crippen LogP contribution is 2.40. The fourth-order valence-electron chi connectivity index (χ4n) is 3.43. The first-order valence-corrected chi connectivity index (χ1v) is 8.96. The molecule has 2 aromatic rings. The van der Waals surface area contributed by atoms with Crippen molar-refractivity contribution < 1.29 is 22.8 Å². The minimum Gasteiger partial charge on any atom is -0.350 e. The summed E-state index contributed by atoms with van der Waals surface area (Å²) in [6.07, 6.45) is -3.27. The SMILES string of the molecule is C=CC(=O)NCC1CN(c2ccc(C(F)(F)F)cc2)c2ccccc2N1C(C)=O. The summed E-state index contributed by atoms with van der Waals surface area (Å²) in [5.74, 6) is -0.559. The van der Waals surface area contributed by atoms with Crippen LogP contribution in [0.4, 0.5) is 30.2 Å². The molecule has 0 aliphatic carbocycles. The van der Waals surface area contributed by atoms with E-state index in [1.165, 1.54) is 19.1 Å². The number of hydrogen-bond donors (Lipinski definition) is 1. The molecule has 1 atom stereocenters. The number of carbonyl (C=O) groups is 2. The number of halogens is 3. The summed E-state index contributed by atoms with van der Waals surface area (Å²) >= 11 is 0. The molecule has 0 bridgehead atoms. The lowest BCUT2D eigenvalue weighted by Crippen LogP contribution is -2.54. The first-order chi connectivity index (χ1) is 13.7. The summed E-state index contributed by atoms with van der Waals surface area (Å²) in [4.78, 5) is 27.4. The molecule has 2 aromatic carbocycles. The summed E-state index contributed by atoms with van der Waals surface area (Å²) in [7, 11) is 0. The molecular formula is C21H20F3N3O2. The second-order valence-electron chi connectivity index (χ2n) is 6.64. The summed E-state index contributed by atoms with van der Waals surface area (Å²) < 4.78 is 38.7. The van der Waals surface area contributed by atoms with Crippen molar-refractivity contribution in [3.8, 4) is 0 Å². The normalized spacial score (nSPS) is 16.2. The molecular weight excluding hydrogens is 383 g/mol. The van der Waals surface area contributed by atoms with Gasteiger partial charge < -0.3 is 15.1 Å². The first-order valence-electron chi connectivity index (χ1n) is 8.96. The molecule has 0 saturated heterocycles. The van der Waals surface area contributed by atoms with Gasteiger partial charge in [0.15, 0.2) is 0 Å². The van der Waals surface area contributed by atoms with Crippen LogP contribution in [-0.4, -0.2) is 30.9 Å². The number of nitrogens with zero attached hydrogens (tertiary/aromatic N) is 2. The van der Waals surface area contributed by atoms with E-state index in [4.69, 9.17) is 0 Å². The van der Waals surface area contributed by atoms with Gasteiger partial charge >= 0.3 is 6.18 Å². The zero-order chi connectivity index (χ0) is 21.2. The maximum absolute atomic E-state index is 12.9. The van der Waals surface area contributed by atoms with E-state index in [1.54, 1.807) is 23.1 Å². The molecule has 1 N–H and O–H groups in total. The fourth-order valence-corrected chi connectivity index (χ4v) is 3.43. The van der Waals surface area contributed by atoms with Crippen molar-refractivity contribution in [2.24, 2.45) is 0 Å². The van der Waals surface area contributed by atoms with Crippen LogP contribution in [0.1, 0.15) is 12.5 Å². The number of alkyl halides is 3. The highest BCUT2D eigenvalue weighted by atomic mass is 19.4. The quantitative estimate of drug-likeness (QED) is 0.789. The van der Waals surface area contributed by atoms with Crippen LogP contribution in [-0.2, 0) is 15.8 Å². The summed E-state index contributed by atoms with van der Waals surface area (Å²) in [6, 6.07) is 11.6. The molecule has 1 unspecified atom stereocenters. The summed E-state index contributed by atoms with van der Waals surface area (Å²) in [5.41, 5.74) is 1.16. The molecule has 1 aliphatic heterocycles. The Kier molecular flexibility index (Phi) is 5.63. The number of rotatable bonds is 4. The molecule has 3 rings (SSSR count). The van der Waals surface area contributed by atoms with Crippen LogP contribution in [0.3, 0.4) is 0 Å². The lowest BCUT2D eigenvalue weighted by Gasteiger charge is -2.43. The van der Waals surface area contributed by atoms with Crippen molar-refractivity contribution in [1.82, 2.24) is 5.32 Å². The van der Waals surface area contributed by atoms with E-state index in [0.29, 0.717) is 23.6 Å². The molecule has 29 heavy (non-hydrogen) atoms. The third kappa shape index (κ3) is 4.26. The van der Waals surface area contributed by atoms with Gasteiger partial charge in [-0.1, -0.05) is 18.7 Å². The Labute approximate surface area is 166 Å². The molecule has 0 radical (unpaired) electrons. The third-order valence-electron chi connectivity index (χ3n) is 4.73. The Hall–Kier alpha value is -3.29. The van der Waals surface area contributed by atoms with Crippen molar-refractivity contribution in [2.45, 2.75) is 19.1 Å². The Bertz CT molecular complexity index is 926. The van der Waals surface area contributed by atoms with Crippen molar-refractivity contribution in [1.29, 1.82) is 0 Å². The zero-order valence-electron chi connectivity index (χ0n) is 15.7. The monoisotopic (exact) mass is 403 g/mol. The van der Waals surface area contributed by atoms with Crippen LogP contribution in [0.2, 0.25) is 0 Å². The average Bonchev–Trinajstić information content (AvgIpc) is 2.70. The van der Waals surface area contributed by atoms with E-state index in [1.807, 2.05) is 11.0 Å². The number of amides is 2. The fraction of sp³-hybridized carbons (Fsp3) is 0.238. The van der Waals surface area contributed by atoms with Crippen LogP contribution in [0.5, 0.6) is 0 Å². The average molecular weight is 403 g/mol. The van der Waals surface area contributed by atoms with E-state index in [2.05, 4.69) is 11.9 Å². The zero-order valence-corrected chi connectivity index (χ0v) is 15.7. The number of anilines is 3. The van der Waals surface area contributed by atoms with Crippen molar-refractivity contribution in [2.75, 3.05) is 22.9 Å². The number of fused-ring (bicyclic) bond motifs is 1. The molecule has 0 fully saturated rings. The maximum atomic E-state index is 12.9. The lowest BCUT2D eigenvalue weighted by atomic mass is 10.0. The Morgan fingerprint density at radius 3 is 2.31 bits per heavy atom. The van der Waals surface area contributed by atoms with Crippen LogP contribution in [0.15, 0.2) is 61.2 Å². The smallest absolute Gasteiger partial charge is 0.350 e. The van der Waals surface area contributed by atoms with Crippen LogP contribution < -0.4 is 15.1 Å². The number of benzene rings is 2. The van der Waals surface area contributed by atoms with Gasteiger partial charge in [0, 0.05) is 25.7 Å². The Balaban J connectivity index is 2.00. The second kappa shape index (κ2) is 7.98. The maximum Gasteiger partial charge on any atom is 0.416 e. The highest BCUT2D eigenvalue weighted by Gasteiger charge is 2.34. The minimum atomic E-state index is -4.42. The van der Waals surface area contributed by atoms with Crippen LogP contribution in [0.25, 0.3) is 0 Å². The molecule has 2 amide bonds. The summed E-state index contributed by atoms with van der Waals surface area (Å²) in [5, 5.41) is 2.69. The van der Waals surface area contributed by atoms with Gasteiger partial charge in [0.1, 0.15) is 0 Å². The topological polar surface area (TPSA) is 52.7 Å². The number of nitrogens with one attached hydrogen (secondary N) is 1. The molecule has 8 heteroatoms. The Morgan fingerprint density at radius 1 is 1.14 bits per heavy atom. The predicted octanol–water partition coefficient (Wildman–Crippen LogP) is 3.88. The van der Waals surface area contributed by atoms with Gasteiger partial charge in [-0.2, -0.15) is 13.2 Å². The predicted molar refractivity (Wildman–Crippen MR) is 105 cm³/mol. The summed E-state index contributed by atoms with van der Waals surface area (Å²) in [6.45, 7) is 5.33. The lowest BCUT2D eigenvalue weighted by molar-refractivity contribution is -0.137. The van der Waals surface area contributed by atoms with E-state index < -0.39 is 17.8 Å². The van der Waals surface area contributed by atoms with Gasteiger partial charge in [0.25, 0.3) is 0 Å². The van der Waals surface area contributed by atoms with Crippen LogP contribution >= 0.6 is 0 Å². The van der Waals surface area contributed by atoms with Gasteiger partial charge in [-0.15, -0.1) is 0 Å². The first kappa shape index (κ1) is 20.4. The van der Waals surface area contributed by atoms with Gasteiger partial charge in [0.05, 0.1) is 23.0 Å². The van der Waals surface area contributed by atoms with Crippen molar-refractivity contribution in [3.05, 3.63) is 66.7 Å². The number of hydrogen-bond acceptors (Lipinski definition) is 3. The number of carbonyl (C=O) groups excluding carboxylic acids is 2. The molecule has 1 heterocycles. The molecule has 0 spiro atoms.